The summed E-state index contributed by atoms with van der Waals surface area (Å²) >= 11 is 10.1. The highest BCUT2D eigenvalue weighted by Crippen LogP contribution is 2.32. The van der Waals surface area contributed by atoms with Gasteiger partial charge in [-0.15, -0.1) is 21.5 Å². The second-order valence-electron chi connectivity index (χ2n) is 8.21. The molecule has 3 N–H and O–H groups in total. The summed E-state index contributed by atoms with van der Waals surface area (Å²) in [7, 11) is 1.86. The van der Waals surface area contributed by atoms with E-state index in [4.69, 9.17) is 17.3 Å². The Balaban J connectivity index is 1.17. The van der Waals surface area contributed by atoms with Gasteiger partial charge in [-0.05, 0) is 66.7 Å². The molecule has 38 heavy (non-hydrogen) atoms. The van der Waals surface area contributed by atoms with Crippen LogP contribution in [-0.2, 0) is 11.8 Å². The molecule has 0 atom stereocenters. The van der Waals surface area contributed by atoms with Crippen molar-refractivity contribution in [3.05, 3.63) is 77.3 Å². The van der Waals surface area contributed by atoms with Gasteiger partial charge in [0.2, 0.25) is 5.91 Å². The molecule has 1 amide bonds. The number of benzene rings is 3. The average molecular weight is 581 g/mol. The lowest BCUT2D eigenvalue weighted by molar-refractivity contribution is -0.113. The number of hydrogen-bond acceptors (Lipinski definition) is 9. The van der Waals surface area contributed by atoms with Crippen molar-refractivity contribution in [2.24, 2.45) is 7.05 Å². The lowest BCUT2D eigenvalue weighted by Gasteiger charge is -2.06. The smallest absolute Gasteiger partial charge is 0.234 e. The monoisotopic (exact) mass is 580 g/mol. The van der Waals surface area contributed by atoms with Gasteiger partial charge in [0.1, 0.15) is 0 Å². The van der Waals surface area contributed by atoms with Crippen LogP contribution in [0.5, 0.6) is 0 Å². The van der Waals surface area contributed by atoms with Gasteiger partial charge < -0.3 is 15.6 Å². The first-order valence-electron chi connectivity index (χ1n) is 11.4. The SMILES string of the molecule is Cn1c(SCC(=O)Nc2ccc3nc(SCC(=O)c4ccc(Cl)cc4)sc3c2)nnc1-c1ccc(N)cc1. The van der Waals surface area contributed by atoms with E-state index < -0.39 is 0 Å². The third-order valence-electron chi connectivity index (χ3n) is 5.48. The molecule has 0 aliphatic rings. The molecule has 8 nitrogen and oxygen atoms in total. The standard InChI is InChI=1S/C26H21ClN6O2S3/c1-33-24(16-4-8-18(28)9-5-16)31-32-25(33)36-14-23(35)29-19-10-11-20-22(12-19)38-26(30-20)37-13-21(34)15-2-6-17(27)7-3-15/h2-12H,13-14,28H2,1H3,(H,29,35). The number of anilines is 2. The van der Waals surface area contributed by atoms with Crippen LogP contribution >= 0.6 is 46.5 Å². The third-order valence-corrected chi connectivity index (χ3v) is 8.91. The van der Waals surface area contributed by atoms with Crippen LogP contribution in [0.15, 0.2) is 76.2 Å². The number of nitrogens with one attached hydrogen (secondary N) is 1. The van der Waals surface area contributed by atoms with Crippen molar-refractivity contribution in [2.45, 2.75) is 9.50 Å². The van der Waals surface area contributed by atoms with Gasteiger partial charge >= 0.3 is 0 Å². The second kappa shape index (κ2) is 11.6. The predicted molar refractivity (Wildman–Crippen MR) is 156 cm³/mol. The maximum absolute atomic E-state index is 12.6. The molecule has 3 aromatic carbocycles. The van der Waals surface area contributed by atoms with E-state index in [0.717, 1.165) is 20.1 Å². The minimum absolute atomic E-state index is 0.0138. The third kappa shape index (κ3) is 6.18. The molecule has 192 valence electrons. The van der Waals surface area contributed by atoms with Gasteiger partial charge in [0.05, 0.1) is 21.7 Å². The number of aromatic nitrogens is 4. The number of carbonyl (C=O) groups excluding carboxylic acids is 2. The number of nitrogen functional groups attached to an aromatic ring is 1. The van der Waals surface area contributed by atoms with E-state index in [2.05, 4.69) is 20.5 Å². The van der Waals surface area contributed by atoms with Gasteiger partial charge in [0, 0.05) is 34.6 Å². The molecule has 5 rings (SSSR count). The average Bonchev–Trinajstić information content (AvgIpc) is 3.49. The molecule has 0 saturated carbocycles. The number of nitrogens with zero attached hydrogens (tertiary/aromatic N) is 4. The molecule has 2 aromatic heterocycles. The Hall–Kier alpha value is -3.38. The van der Waals surface area contributed by atoms with Gasteiger partial charge in [-0.25, -0.2) is 4.98 Å². The topological polar surface area (TPSA) is 116 Å². The lowest BCUT2D eigenvalue weighted by atomic mass is 10.1. The lowest BCUT2D eigenvalue weighted by Crippen LogP contribution is -2.14. The Labute approximate surface area is 236 Å². The summed E-state index contributed by atoms with van der Waals surface area (Å²) < 4.78 is 3.57. The van der Waals surface area contributed by atoms with Crippen LogP contribution in [0.3, 0.4) is 0 Å². The van der Waals surface area contributed by atoms with Crippen LogP contribution in [0.2, 0.25) is 5.02 Å². The highest BCUT2D eigenvalue weighted by molar-refractivity contribution is 8.01. The fourth-order valence-electron chi connectivity index (χ4n) is 3.54. The number of hydrogen-bond donors (Lipinski definition) is 2. The zero-order valence-electron chi connectivity index (χ0n) is 20.1. The highest BCUT2D eigenvalue weighted by atomic mass is 35.5. The van der Waals surface area contributed by atoms with Gasteiger partial charge in [-0.2, -0.15) is 0 Å². The summed E-state index contributed by atoms with van der Waals surface area (Å²) in [6.45, 7) is 0. The van der Waals surface area contributed by atoms with E-state index in [0.29, 0.717) is 32.9 Å². The Bertz CT molecular complexity index is 1620. The molecule has 0 fully saturated rings. The molecule has 12 heteroatoms. The van der Waals surface area contributed by atoms with Crippen LogP contribution in [0.1, 0.15) is 10.4 Å². The summed E-state index contributed by atoms with van der Waals surface area (Å²) in [5.74, 6) is 1.03. The number of amides is 1. The minimum Gasteiger partial charge on any atom is -0.399 e. The molecule has 5 aromatic rings. The fraction of sp³-hybridized carbons (Fsp3) is 0.115. The second-order valence-corrected chi connectivity index (χ2v) is 11.8. The van der Waals surface area contributed by atoms with Crippen molar-refractivity contribution >= 4 is 79.7 Å². The first-order chi connectivity index (χ1) is 18.4. The van der Waals surface area contributed by atoms with Gasteiger partial charge in [-0.1, -0.05) is 35.1 Å². The zero-order valence-corrected chi connectivity index (χ0v) is 23.3. The van der Waals surface area contributed by atoms with Crippen molar-refractivity contribution < 1.29 is 9.59 Å². The maximum Gasteiger partial charge on any atom is 0.234 e. The summed E-state index contributed by atoms with van der Waals surface area (Å²) in [5.41, 5.74) is 9.46. The summed E-state index contributed by atoms with van der Waals surface area (Å²) in [5, 5.41) is 12.6. The van der Waals surface area contributed by atoms with Crippen LogP contribution in [0.4, 0.5) is 11.4 Å². The summed E-state index contributed by atoms with van der Waals surface area (Å²) in [4.78, 5) is 29.7. The molecule has 0 saturated heterocycles. The van der Waals surface area contributed by atoms with Crippen molar-refractivity contribution in [1.29, 1.82) is 0 Å². The number of halogens is 1. The first-order valence-corrected chi connectivity index (χ1v) is 14.5. The van der Waals surface area contributed by atoms with Crippen LogP contribution in [0.25, 0.3) is 21.6 Å². The largest absolute Gasteiger partial charge is 0.399 e. The molecule has 0 spiro atoms. The van der Waals surface area contributed by atoms with E-state index in [1.54, 1.807) is 24.3 Å². The summed E-state index contributed by atoms with van der Waals surface area (Å²) in [6.07, 6.45) is 0. The predicted octanol–water partition coefficient (Wildman–Crippen LogP) is 6.03. The molecule has 0 aliphatic heterocycles. The van der Waals surface area contributed by atoms with Crippen molar-refractivity contribution in [2.75, 3.05) is 22.6 Å². The molecular formula is C26H21ClN6O2S3. The van der Waals surface area contributed by atoms with Gasteiger partial charge in [0.25, 0.3) is 0 Å². The molecular weight excluding hydrogens is 560 g/mol. The Kier molecular flexibility index (Phi) is 7.98. The minimum atomic E-state index is -0.154. The van der Waals surface area contributed by atoms with E-state index >= 15 is 0 Å². The number of fused-ring (bicyclic) bond motifs is 1. The van der Waals surface area contributed by atoms with Crippen molar-refractivity contribution in [3.8, 4) is 11.4 Å². The number of nitrogens with two attached hydrogens (primary N) is 1. The van der Waals surface area contributed by atoms with E-state index in [1.807, 2.05) is 54.1 Å². The van der Waals surface area contributed by atoms with Crippen LogP contribution < -0.4 is 11.1 Å². The van der Waals surface area contributed by atoms with E-state index in [-0.39, 0.29) is 23.2 Å². The molecule has 0 bridgehead atoms. The van der Waals surface area contributed by atoms with Crippen LogP contribution in [-0.4, -0.2) is 42.9 Å². The molecule has 2 heterocycles. The van der Waals surface area contributed by atoms with E-state index in [9.17, 15) is 9.59 Å². The van der Waals surface area contributed by atoms with Crippen LogP contribution in [0, 0.1) is 0 Å². The fourth-order valence-corrected chi connectivity index (χ4v) is 6.38. The Morgan fingerprint density at radius 3 is 2.53 bits per heavy atom. The van der Waals surface area contributed by atoms with Gasteiger partial charge in [-0.3, -0.25) is 9.59 Å². The number of thioether (sulfide) groups is 2. The van der Waals surface area contributed by atoms with E-state index in [1.165, 1.54) is 34.9 Å². The Morgan fingerprint density at radius 1 is 1.00 bits per heavy atom. The zero-order chi connectivity index (χ0) is 26.6. The first kappa shape index (κ1) is 26.2. The Morgan fingerprint density at radius 2 is 1.76 bits per heavy atom. The van der Waals surface area contributed by atoms with Gasteiger partial charge in [0.15, 0.2) is 21.1 Å². The number of Topliss-reactive ketones (excluding diaryl/α,β-unsaturated/α-hetero) is 1. The number of ketones is 1. The normalized spacial score (nSPS) is 11.1. The maximum atomic E-state index is 12.6. The quantitative estimate of drug-likeness (QED) is 0.123. The van der Waals surface area contributed by atoms with Crippen molar-refractivity contribution in [3.63, 3.8) is 0 Å². The molecule has 0 aliphatic carbocycles. The highest BCUT2D eigenvalue weighted by Gasteiger charge is 2.14. The van der Waals surface area contributed by atoms with Crippen molar-refractivity contribution in [1.82, 2.24) is 19.7 Å². The molecule has 0 unspecified atom stereocenters. The number of carbonyl (C=O) groups is 2. The molecule has 0 radical (unpaired) electrons. The summed E-state index contributed by atoms with van der Waals surface area (Å²) in [6, 6.07) is 19.8. The number of rotatable bonds is 9. The number of thiazole rings is 1.